The van der Waals surface area contributed by atoms with Crippen LogP contribution < -0.4 is 15.2 Å². The summed E-state index contributed by atoms with van der Waals surface area (Å²) >= 11 is 0. The van der Waals surface area contributed by atoms with Crippen molar-refractivity contribution in [1.29, 1.82) is 0 Å². The summed E-state index contributed by atoms with van der Waals surface area (Å²) in [6.07, 6.45) is 5.86. The number of ether oxygens (including phenoxy) is 1. The lowest BCUT2D eigenvalue weighted by atomic mass is 9.90. The molecular formula is C21H26N4O5S. The minimum atomic E-state index is -3.78. The van der Waals surface area contributed by atoms with E-state index in [0.717, 1.165) is 12.8 Å². The first-order chi connectivity index (χ1) is 14.9. The number of nitrogens with two attached hydrogens (primary N) is 1. The van der Waals surface area contributed by atoms with Crippen molar-refractivity contribution in [1.82, 2.24) is 14.7 Å². The smallest absolute Gasteiger partial charge is 0.269 e. The van der Waals surface area contributed by atoms with Gasteiger partial charge < -0.3 is 20.6 Å². The number of fused-ring (bicyclic) bond motifs is 3. The topological polar surface area (TPSA) is 147 Å². The summed E-state index contributed by atoms with van der Waals surface area (Å²) in [5.74, 6) is 0.0529. The Kier molecular flexibility index (Phi) is 6.12. The van der Waals surface area contributed by atoms with Crippen LogP contribution in [0.15, 0.2) is 29.2 Å². The maximum atomic E-state index is 12.5. The molecule has 0 radical (unpaired) electrons. The summed E-state index contributed by atoms with van der Waals surface area (Å²) in [6.45, 7) is 0.136. The molecule has 10 heteroatoms. The van der Waals surface area contributed by atoms with Gasteiger partial charge in [0.25, 0.3) is 5.91 Å². The SMILES string of the molecule is NC(=O)c1nc(OCC2CCCCC2)cc2c1[nH]c1ccc(S(=O)(=O)NCCO)cc12. The van der Waals surface area contributed by atoms with Crippen LogP contribution in [-0.4, -0.2) is 49.2 Å². The molecule has 1 fully saturated rings. The van der Waals surface area contributed by atoms with E-state index in [1.54, 1.807) is 12.1 Å². The van der Waals surface area contributed by atoms with Gasteiger partial charge in [-0.2, -0.15) is 0 Å². The van der Waals surface area contributed by atoms with E-state index < -0.39 is 15.9 Å². The number of amides is 1. The number of sulfonamides is 1. The van der Waals surface area contributed by atoms with Crippen LogP contribution >= 0.6 is 0 Å². The average Bonchev–Trinajstić information content (AvgIpc) is 3.14. The fourth-order valence-electron chi connectivity index (χ4n) is 4.09. The lowest BCUT2D eigenvalue weighted by molar-refractivity contribution is 0.0995. The van der Waals surface area contributed by atoms with Crippen molar-refractivity contribution >= 4 is 37.7 Å². The van der Waals surface area contributed by atoms with Crippen LogP contribution in [0.4, 0.5) is 0 Å². The first-order valence-electron chi connectivity index (χ1n) is 10.4. The zero-order valence-electron chi connectivity index (χ0n) is 17.1. The van der Waals surface area contributed by atoms with Gasteiger partial charge in [-0.15, -0.1) is 0 Å². The summed E-state index contributed by atoms with van der Waals surface area (Å²) < 4.78 is 33.2. The van der Waals surface area contributed by atoms with Crippen LogP contribution in [0.3, 0.4) is 0 Å². The highest BCUT2D eigenvalue weighted by Gasteiger charge is 2.20. The Morgan fingerprint density at radius 2 is 2.00 bits per heavy atom. The van der Waals surface area contributed by atoms with Gasteiger partial charge >= 0.3 is 0 Å². The Bertz CT molecular complexity index is 1220. The van der Waals surface area contributed by atoms with Crippen LogP contribution in [0.1, 0.15) is 42.6 Å². The van der Waals surface area contributed by atoms with Gasteiger partial charge in [-0.05, 0) is 37.0 Å². The van der Waals surface area contributed by atoms with E-state index in [4.69, 9.17) is 15.6 Å². The lowest BCUT2D eigenvalue weighted by Crippen LogP contribution is -2.26. The van der Waals surface area contributed by atoms with E-state index in [1.165, 1.54) is 31.4 Å². The third-order valence-electron chi connectivity index (χ3n) is 5.68. The number of aliphatic hydroxyl groups is 1. The molecule has 1 amide bonds. The van der Waals surface area contributed by atoms with Crippen molar-refractivity contribution in [2.24, 2.45) is 11.7 Å². The highest BCUT2D eigenvalue weighted by Crippen LogP contribution is 2.32. The predicted molar refractivity (Wildman–Crippen MR) is 116 cm³/mol. The molecule has 5 N–H and O–H groups in total. The van der Waals surface area contributed by atoms with Gasteiger partial charge in [0.1, 0.15) is 0 Å². The number of aromatic nitrogens is 2. The molecule has 0 atom stereocenters. The third-order valence-corrected chi connectivity index (χ3v) is 7.13. The molecule has 2 heterocycles. The predicted octanol–water partition coefficient (Wildman–Crippen LogP) is 2.04. The van der Waals surface area contributed by atoms with Gasteiger partial charge in [0, 0.05) is 28.9 Å². The number of primary amides is 1. The molecular weight excluding hydrogens is 420 g/mol. The summed E-state index contributed by atoms with van der Waals surface area (Å²) in [7, 11) is -3.78. The second-order valence-electron chi connectivity index (χ2n) is 7.86. The van der Waals surface area contributed by atoms with Crippen LogP contribution in [0, 0.1) is 5.92 Å². The Hall–Kier alpha value is -2.69. The van der Waals surface area contributed by atoms with Crippen LogP contribution in [0.5, 0.6) is 5.88 Å². The molecule has 4 rings (SSSR count). The molecule has 3 aromatic rings. The molecule has 1 aromatic carbocycles. The fraction of sp³-hybridized carbons (Fsp3) is 0.429. The molecule has 31 heavy (non-hydrogen) atoms. The van der Waals surface area contributed by atoms with Crippen LogP contribution in [0.2, 0.25) is 0 Å². The Morgan fingerprint density at radius 1 is 1.23 bits per heavy atom. The van der Waals surface area contributed by atoms with Gasteiger partial charge in [0.05, 0.1) is 23.6 Å². The number of nitrogens with zero attached hydrogens (tertiary/aromatic N) is 1. The summed E-state index contributed by atoms with van der Waals surface area (Å²) in [5, 5.41) is 10.1. The largest absolute Gasteiger partial charge is 0.477 e. The molecule has 2 aromatic heterocycles. The fourth-order valence-corrected chi connectivity index (χ4v) is 5.14. The molecule has 0 bridgehead atoms. The Labute approximate surface area is 180 Å². The number of nitrogens with one attached hydrogen (secondary N) is 2. The molecule has 1 aliphatic carbocycles. The van der Waals surface area contributed by atoms with E-state index >= 15 is 0 Å². The summed E-state index contributed by atoms with van der Waals surface area (Å²) in [6, 6.07) is 6.30. The van der Waals surface area contributed by atoms with Crippen molar-refractivity contribution in [2.75, 3.05) is 19.8 Å². The lowest BCUT2D eigenvalue weighted by Gasteiger charge is -2.21. The minimum Gasteiger partial charge on any atom is -0.477 e. The summed E-state index contributed by atoms with van der Waals surface area (Å²) in [4.78, 5) is 19.5. The number of aromatic amines is 1. The molecule has 0 spiro atoms. The van der Waals surface area contributed by atoms with Gasteiger partial charge in [-0.1, -0.05) is 19.3 Å². The van der Waals surface area contributed by atoms with E-state index in [2.05, 4.69) is 14.7 Å². The number of rotatable bonds is 8. The Morgan fingerprint density at radius 3 is 2.71 bits per heavy atom. The minimum absolute atomic E-state index is 0.0511. The number of hydrogen-bond acceptors (Lipinski definition) is 6. The standard InChI is InChI=1S/C21H26N4O5S/c22-21(27)20-19-16(11-18(25-20)30-12-13-4-2-1-3-5-13)15-10-14(6-7-17(15)24-19)31(28,29)23-8-9-26/h6-7,10-11,13,23-24,26H,1-5,8-9,12H2,(H2,22,27). The maximum absolute atomic E-state index is 12.5. The van der Waals surface area contributed by atoms with Gasteiger partial charge in [0.2, 0.25) is 15.9 Å². The number of H-pyrrole nitrogens is 1. The number of pyridine rings is 1. The molecule has 1 aliphatic rings. The average molecular weight is 447 g/mol. The zero-order chi connectivity index (χ0) is 22.0. The first-order valence-corrected chi connectivity index (χ1v) is 11.9. The molecule has 0 saturated heterocycles. The van der Waals surface area contributed by atoms with Crippen molar-refractivity contribution in [3.8, 4) is 5.88 Å². The molecule has 9 nitrogen and oxygen atoms in total. The van der Waals surface area contributed by atoms with Crippen molar-refractivity contribution in [3.63, 3.8) is 0 Å². The quantitative estimate of drug-likeness (QED) is 0.416. The van der Waals surface area contributed by atoms with Gasteiger partial charge in [-0.25, -0.2) is 18.1 Å². The van der Waals surface area contributed by atoms with Crippen molar-refractivity contribution in [3.05, 3.63) is 30.0 Å². The first kappa shape index (κ1) is 21.5. The van der Waals surface area contributed by atoms with Gasteiger partial charge in [0.15, 0.2) is 5.69 Å². The monoisotopic (exact) mass is 446 g/mol. The second kappa shape index (κ2) is 8.81. The Balaban J connectivity index is 1.75. The summed E-state index contributed by atoms with van der Waals surface area (Å²) in [5.41, 5.74) is 6.69. The number of carbonyl (C=O) groups is 1. The highest BCUT2D eigenvalue weighted by molar-refractivity contribution is 7.89. The van der Waals surface area contributed by atoms with Crippen molar-refractivity contribution < 1.29 is 23.1 Å². The number of benzene rings is 1. The second-order valence-corrected chi connectivity index (χ2v) is 9.63. The number of carbonyl (C=O) groups excluding carboxylic acids is 1. The molecule has 1 saturated carbocycles. The molecule has 0 unspecified atom stereocenters. The zero-order valence-corrected chi connectivity index (χ0v) is 17.9. The highest BCUT2D eigenvalue weighted by atomic mass is 32.2. The molecule has 166 valence electrons. The third kappa shape index (κ3) is 4.51. The molecule has 0 aliphatic heterocycles. The van der Waals surface area contributed by atoms with E-state index in [9.17, 15) is 13.2 Å². The van der Waals surface area contributed by atoms with Crippen molar-refractivity contribution in [2.45, 2.75) is 37.0 Å². The number of aliphatic hydroxyl groups excluding tert-OH is 1. The van der Waals surface area contributed by atoms with Crippen LogP contribution in [-0.2, 0) is 10.0 Å². The van der Waals surface area contributed by atoms with E-state index in [-0.39, 0.29) is 23.7 Å². The maximum Gasteiger partial charge on any atom is 0.269 e. The van der Waals surface area contributed by atoms with E-state index in [0.29, 0.717) is 40.2 Å². The van der Waals surface area contributed by atoms with E-state index in [1.807, 2.05) is 0 Å². The van der Waals surface area contributed by atoms with Crippen LogP contribution in [0.25, 0.3) is 21.8 Å². The number of hydrogen-bond donors (Lipinski definition) is 4. The normalized spacial score (nSPS) is 15.5. The van der Waals surface area contributed by atoms with Gasteiger partial charge in [-0.3, -0.25) is 4.79 Å².